The van der Waals surface area contributed by atoms with Crippen molar-refractivity contribution in [3.8, 4) is 11.3 Å². The SMILES string of the molecule is NC(=O)c1c(-c2ccc(Cl)cc2)noc1C(F)(F)F. The Morgan fingerprint density at radius 1 is 1.26 bits per heavy atom. The number of carbonyl (C=O) groups excluding carboxylic acids is 1. The highest BCUT2D eigenvalue weighted by molar-refractivity contribution is 6.30. The maximum Gasteiger partial charge on any atom is 0.453 e. The number of hydrogen-bond acceptors (Lipinski definition) is 3. The monoisotopic (exact) mass is 290 g/mol. The van der Waals surface area contributed by atoms with Crippen LogP contribution in [0.3, 0.4) is 0 Å². The zero-order chi connectivity index (χ0) is 14.2. The van der Waals surface area contributed by atoms with Crippen molar-refractivity contribution in [2.24, 2.45) is 5.73 Å². The first-order chi connectivity index (χ1) is 8.80. The van der Waals surface area contributed by atoms with Crippen LogP contribution in [0.15, 0.2) is 28.8 Å². The predicted octanol–water partition coefficient (Wildman–Crippen LogP) is 3.11. The Morgan fingerprint density at radius 3 is 2.32 bits per heavy atom. The van der Waals surface area contributed by atoms with Crippen molar-refractivity contribution in [1.29, 1.82) is 0 Å². The lowest BCUT2D eigenvalue weighted by atomic mass is 10.1. The van der Waals surface area contributed by atoms with E-state index in [-0.39, 0.29) is 11.3 Å². The van der Waals surface area contributed by atoms with Gasteiger partial charge >= 0.3 is 6.18 Å². The van der Waals surface area contributed by atoms with Gasteiger partial charge in [0.05, 0.1) is 0 Å². The first-order valence-electron chi connectivity index (χ1n) is 4.93. The van der Waals surface area contributed by atoms with Gasteiger partial charge in [0.2, 0.25) is 0 Å². The van der Waals surface area contributed by atoms with E-state index < -0.39 is 23.4 Å². The summed E-state index contributed by atoms with van der Waals surface area (Å²) in [5.74, 6) is -2.77. The van der Waals surface area contributed by atoms with E-state index in [9.17, 15) is 18.0 Å². The molecule has 0 fully saturated rings. The molecule has 0 aliphatic heterocycles. The number of carbonyl (C=O) groups is 1. The number of hydrogen-bond donors (Lipinski definition) is 1. The molecule has 1 heterocycles. The Bertz CT molecular complexity index is 620. The van der Waals surface area contributed by atoms with Gasteiger partial charge in [0.25, 0.3) is 11.7 Å². The van der Waals surface area contributed by atoms with Gasteiger partial charge < -0.3 is 10.3 Å². The summed E-state index contributed by atoms with van der Waals surface area (Å²) in [6, 6.07) is 5.72. The quantitative estimate of drug-likeness (QED) is 0.924. The predicted molar refractivity (Wildman–Crippen MR) is 60.5 cm³/mol. The number of halogens is 4. The third-order valence-corrected chi connectivity index (χ3v) is 2.57. The molecule has 1 aromatic heterocycles. The molecular weight excluding hydrogens is 285 g/mol. The molecule has 2 aromatic rings. The van der Waals surface area contributed by atoms with Crippen molar-refractivity contribution < 1.29 is 22.5 Å². The number of alkyl halides is 3. The summed E-state index contributed by atoms with van der Waals surface area (Å²) in [5.41, 5.74) is 4.14. The molecule has 4 nitrogen and oxygen atoms in total. The largest absolute Gasteiger partial charge is 0.453 e. The van der Waals surface area contributed by atoms with E-state index in [1.165, 1.54) is 24.3 Å². The van der Waals surface area contributed by atoms with Gasteiger partial charge in [-0.25, -0.2) is 0 Å². The molecule has 100 valence electrons. The first kappa shape index (κ1) is 13.4. The highest BCUT2D eigenvalue weighted by Crippen LogP contribution is 2.36. The Morgan fingerprint density at radius 2 is 1.84 bits per heavy atom. The maximum atomic E-state index is 12.6. The zero-order valence-corrected chi connectivity index (χ0v) is 9.92. The van der Waals surface area contributed by atoms with Crippen LogP contribution in [0.1, 0.15) is 16.1 Å². The summed E-state index contributed by atoms with van der Waals surface area (Å²) in [4.78, 5) is 11.2. The summed E-state index contributed by atoms with van der Waals surface area (Å²) < 4.78 is 42.1. The summed E-state index contributed by atoms with van der Waals surface area (Å²) in [5, 5.41) is 3.66. The van der Waals surface area contributed by atoms with Crippen LogP contribution in [0, 0.1) is 0 Å². The fraction of sp³-hybridized carbons (Fsp3) is 0.0909. The van der Waals surface area contributed by atoms with Crippen LogP contribution >= 0.6 is 11.6 Å². The lowest BCUT2D eigenvalue weighted by Crippen LogP contribution is -2.17. The average molecular weight is 291 g/mol. The van der Waals surface area contributed by atoms with Crippen LogP contribution in [0.4, 0.5) is 13.2 Å². The molecule has 2 rings (SSSR count). The second kappa shape index (κ2) is 4.58. The van der Waals surface area contributed by atoms with E-state index >= 15 is 0 Å². The summed E-state index contributed by atoms with van der Waals surface area (Å²) in [6.07, 6.45) is -4.85. The van der Waals surface area contributed by atoms with Gasteiger partial charge in [-0.2, -0.15) is 13.2 Å². The standard InChI is InChI=1S/C11H6ClF3N2O2/c12-6-3-1-5(2-4-6)8-7(10(16)18)9(19-17-8)11(13,14)15/h1-4H,(H2,16,18). The van der Waals surface area contributed by atoms with E-state index in [1.54, 1.807) is 0 Å². The van der Waals surface area contributed by atoms with Crippen molar-refractivity contribution in [3.05, 3.63) is 40.6 Å². The minimum absolute atomic E-state index is 0.248. The number of nitrogens with zero attached hydrogens (tertiary/aromatic N) is 1. The number of nitrogens with two attached hydrogens (primary N) is 1. The molecule has 0 saturated carbocycles. The molecule has 1 aromatic carbocycles. The molecule has 8 heteroatoms. The molecule has 2 N–H and O–H groups in total. The summed E-state index contributed by atoms with van der Waals surface area (Å²) >= 11 is 5.66. The van der Waals surface area contributed by atoms with E-state index in [4.69, 9.17) is 17.3 Å². The normalized spacial score (nSPS) is 11.6. The molecule has 0 radical (unpaired) electrons. The maximum absolute atomic E-state index is 12.6. The number of benzene rings is 1. The Kier molecular flexibility index (Phi) is 3.23. The molecule has 0 saturated heterocycles. The summed E-state index contributed by atoms with van der Waals surface area (Å²) in [7, 11) is 0. The number of primary amides is 1. The molecule has 0 spiro atoms. The molecule has 0 unspecified atom stereocenters. The lowest BCUT2D eigenvalue weighted by Gasteiger charge is -2.03. The van der Waals surface area contributed by atoms with Gasteiger partial charge in [0, 0.05) is 10.6 Å². The Balaban J connectivity index is 2.62. The minimum atomic E-state index is -4.85. The van der Waals surface area contributed by atoms with Crippen LogP contribution in [0.25, 0.3) is 11.3 Å². The van der Waals surface area contributed by atoms with Gasteiger partial charge in [-0.05, 0) is 12.1 Å². The molecule has 0 aliphatic carbocycles. The van der Waals surface area contributed by atoms with Crippen LogP contribution in [-0.4, -0.2) is 11.1 Å². The van der Waals surface area contributed by atoms with Crippen molar-refractivity contribution in [2.45, 2.75) is 6.18 Å². The van der Waals surface area contributed by atoms with E-state index in [0.29, 0.717) is 5.02 Å². The average Bonchev–Trinajstić information content (AvgIpc) is 2.74. The number of amides is 1. The van der Waals surface area contributed by atoms with Gasteiger partial charge in [0.15, 0.2) is 0 Å². The van der Waals surface area contributed by atoms with E-state index in [2.05, 4.69) is 9.68 Å². The second-order valence-corrected chi connectivity index (χ2v) is 4.04. The Hall–Kier alpha value is -2.02. The van der Waals surface area contributed by atoms with Crippen LogP contribution in [0.2, 0.25) is 5.02 Å². The molecule has 19 heavy (non-hydrogen) atoms. The smallest absolute Gasteiger partial charge is 0.365 e. The van der Waals surface area contributed by atoms with E-state index in [1.807, 2.05) is 0 Å². The van der Waals surface area contributed by atoms with Crippen molar-refractivity contribution in [2.75, 3.05) is 0 Å². The Labute approximate surface area is 109 Å². The molecule has 0 atom stereocenters. The highest BCUT2D eigenvalue weighted by Gasteiger charge is 2.42. The molecule has 1 amide bonds. The fourth-order valence-electron chi connectivity index (χ4n) is 1.52. The molecular formula is C11H6ClF3N2O2. The van der Waals surface area contributed by atoms with Gasteiger partial charge in [0.1, 0.15) is 11.3 Å². The minimum Gasteiger partial charge on any atom is -0.365 e. The third kappa shape index (κ3) is 2.55. The number of rotatable bonds is 2. The van der Waals surface area contributed by atoms with Crippen LogP contribution in [-0.2, 0) is 6.18 Å². The van der Waals surface area contributed by atoms with Crippen molar-refractivity contribution in [1.82, 2.24) is 5.16 Å². The second-order valence-electron chi connectivity index (χ2n) is 3.60. The van der Waals surface area contributed by atoms with E-state index in [0.717, 1.165) is 0 Å². The van der Waals surface area contributed by atoms with Crippen LogP contribution < -0.4 is 5.73 Å². The third-order valence-electron chi connectivity index (χ3n) is 2.31. The van der Waals surface area contributed by atoms with Gasteiger partial charge in [-0.1, -0.05) is 28.9 Å². The first-order valence-corrected chi connectivity index (χ1v) is 5.31. The fourth-order valence-corrected chi connectivity index (χ4v) is 1.64. The lowest BCUT2D eigenvalue weighted by molar-refractivity contribution is -0.155. The molecule has 0 bridgehead atoms. The van der Waals surface area contributed by atoms with Crippen molar-refractivity contribution in [3.63, 3.8) is 0 Å². The summed E-state index contributed by atoms with van der Waals surface area (Å²) in [6.45, 7) is 0. The van der Waals surface area contributed by atoms with Crippen molar-refractivity contribution >= 4 is 17.5 Å². The van der Waals surface area contributed by atoms with Gasteiger partial charge in [-0.15, -0.1) is 0 Å². The van der Waals surface area contributed by atoms with Gasteiger partial charge in [-0.3, -0.25) is 4.79 Å². The van der Waals surface area contributed by atoms with Crippen LogP contribution in [0.5, 0.6) is 0 Å². The molecule has 0 aliphatic rings. The number of aromatic nitrogens is 1. The zero-order valence-electron chi connectivity index (χ0n) is 9.16. The highest BCUT2D eigenvalue weighted by atomic mass is 35.5. The topological polar surface area (TPSA) is 69.1 Å².